The number of hydrogen-bond donors (Lipinski definition) is 3. The first-order chi connectivity index (χ1) is 19.0. The number of ether oxygens (including phenoxy) is 2. The van der Waals surface area contributed by atoms with E-state index in [1.165, 1.54) is 23.2 Å². The van der Waals surface area contributed by atoms with E-state index < -0.39 is 30.1 Å². The van der Waals surface area contributed by atoms with Crippen LogP contribution in [0, 0.1) is 0 Å². The zero-order valence-electron chi connectivity index (χ0n) is 23.3. The quantitative estimate of drug-likeness (QED) is 0.342. The molecule has 1 fully saturated rings. The third kappa shape index (κ3) is 6.36. The molecule has 0 aliphatic carbocycles. The van der Waals surface area contributed by atoms with Gasteiger partial charge in [-0.05, 0) is 39.8 Å². The van der Waals surface area contributed by atoms with Gasteiger partial charge in [0.15, 0.2) is 5.13 Å². The van der Waals surface area contributed by atoms with Gasteiger partial charge in [-0.25, -0.2) is 24.6 Å². The number of thiazole rings is 1. The molecular weight excluding hydrogens is 536 g/mol. The Bertz CT molecular complexity index is 1410. The van der Waals surface area contributed by atoms with Gasteiger partial charge in [0.1, 0.15) is 29.3 Å². The molecule has 2 atom stereocenters. The summed E-state index contributed by atoms with van der Waals surface area (Å²) in [5.41, 5.74) is 4.36. The molecule has 12 nitrogen and oxygen atoms in total. The van der Waals surface area contributed by atoms with Crippen molar-refractivity contribution in [2.45, 2.75) is 65.3 Å². The van der Waals surface area contributed by atoms with Gasteiger partial charge in [-0.15, -0.1) is 11.3 Å². The third-order valence-electron chi connectivity index (χ3n) is 6.25. The van der Waals surface area contributed by atoms with Crippen LogP contribution in [0.25, 0.3) is 22.3 Å². The van der Waals surface area contributed by atoms with Crippen LogP contribution in [0.15, 0.2) is 29.6 Å². The van der Waals surface area contributed by atoms with Crippen LogP contribution in [-0.4, -0.2) is 80.8 Å². The maximum absolute atomic E-state index is 13.3. The summed E-state index contributed by atoms with van der Waals surface area (Å²) in [5, 5.41) is 17.7. The predicted octanol–water partition coefficient (Wildman–Crippen LogP) is 3.98. The molecule has 1 aliphatic rings. The van der Waals surface area contributed by atoms with Crippen LogP contribution >= 0.6 is 11.3 Å². The number of anilines is 1. The van der Waals surface area contributed by atoms with Gasteiger partial charge < -0.3 is 24.8 Å². The lowest BCUT2D eigenvalue weighted by Crippen LogP contribution is -2.56. The fraction of sp³-hybridized carbons (Fsp3) is 0.444. The molecule has 3 N–H and O–H groups in total. The molecule has 1 aliphatic heterocycles. The number of hydrazine groups is 1. The second kappa shape index (κ2) is 11.9. The van der Waals surface area contributed by atoms with Crippen LogP contribution in [0.3, 0.4) is 0 Å². The fourth-order valence-corrected chi connectivity index (χ4v) is 5.30. The number of aliphatic carboxylic acids is 1. The molecule has 214 valence electrons. The molecule has 3 heterocycles. The molecule has 1 saturated heterocycles. The molecule has 3 aromatic rings. The molecule has 0 saturated carbocycles. The molecule has 1 aromatic carbocycles. The van der Waals surface area contributed by atoms with E-state index in [1.54, 1.807) is 39.2 Å². The van der Waals surface area contributed by atoms with Crippen LogP contribution in [0.2, 0.25) is 0 Å². The van der Waals surface area contributed by atoms with E-state index in [0.717, 1.165) is 10.1 Å². The smallest absolute Gasteiger partial charge is 0.339 e. The molecule has 0 bridgehead atoms. The number of carboxylic acid groups (broad SMARTS) is 1. The molecule has 3 amide bonds. The van der Waals surface area contributed by atoms with Gasteiger partial charge in [0.2, 0.25) is 5.91 Å². The van der Waals surface area contributed by atoms with Crippen LogP contribution in [0.5, 0.6) is 11.5 Å². The molecule has 4 rings (SSSR count). The number of aromatic nitrogens is 2. The summed E-state index contributed by atoms with van der Waals surface area (Å²) in [5.74, 6) is -0.469. The Balaban J connectivity index is 1.67. The van der Waals surface area contributed by atoms with Crippen molar-refractivity contribution in [1.29, 1.82) is 0 Å². The molecule has 2 aromatic heterocycles. The number of benzene rings is 1. The Labute approximate surface area is 236 Å². The van der Waals surface area contributed by atoms with Crippen molar-refractivity contribution in [1.82, 2.24) is 25.3 Å². The Morgan fingerprint density at radius 2 is 1.90 bits per heavy atom. The molecule has 13 heteroatoms. The number of hydrogen-bond acceptors (Lipinski definition) is 9. The maximum atomic E-state index is 13.3. The van der Waals surface area contributed by atoms with Crippen LogP contribution < -0.4 is 20.2 Å². The van der Waals surface area contributed by atoms with E-state index in [0.29, 0.717) is 33.8 Å². The van der Waals surface area contributed by atoms with E-state index in [9.17, 15) is 19.5 Å². The number of carbonyl (C=O) groups excluding carboxylic acids is 2. The second-order valence-corrected chi connectivity index (χ2v) is 11.0. The number of fused-ring (bicyclic) bond motifs is 1. The van der Waals surface area contributed by atoms with Gasteiger partial charge in [-0.3, -0.25) is 10.2 Å². The van der Waals surface area contributed by atoms with Gasteiger partial charge in [0, 0.05) is 48.3 Å². The molecule has 0 spiro atoms. The van der Waals surface area contributed by atoms with E-state index in [2.05, 4.69) is 15.7 Å². The summed E-state index contributed by atoms with van der Waals surface area (Å²) < 4.78 is 11.8. The average molecular weight is 571 g/mol. The zero-order chi connectivity index (χ0) is 29.1. The van der Waals surface area contributed by atoms with Gasteiger partial charge >= 0.3 is 12.0 Å². The van der Waals surface area contributed by atoms with E-state index in [4.69, 9.17) is 14.5 Å². The molecular formula is C27H34N6O6S. The Hall–Kier alpha value is -4.13. The van der Waals surface area contributed by atoms with E-state index >= 15 is 0 Å². The SMILES string of the molecule is COc1ccc2c(OC3CC(C(=O)O)N(C(=O)N(NC(C)=O)C(C)C)C3)cc(-c3csc(NC(C)C)n3)nc2c1. The standard InChI is InChI=1S/C27H34N6O6S/c1-14(2)28-26-30-22(13-40-26)21-11-24(19-8-7-17(38-6)9-20(19)29-21)39-18-10-23(25(35)36)32(12-18)27(37)33(15(3)4)31-16(5)34/h7-9,11,13-15,18,23H,10,12H2,1-6H3,(H,28,30)(H,31,34)(H,35,36). The van der Waals surface area contributed by atoms with Crippen molar-refractivity contribution >= 4 is 45.3 Å². The lowest BCUT2D eigenvalue weighted by atomic mass is 10.1. The summed E-state index contributed by atoms with van der Waals surface area (Å²) in [7, 11) is 1.57. The number of carbonyl (C=O) groups is 3. The number of likely N-dealkylation sites (tertiary alicyclic amines) is 1. The molecule has 2 unspecified atom stereocenters. The normalized spacial score (nSPS) is 16.9. The number of amides is 3. The van der Waals surface area contributed by atoms with Crippen molar-refractivity contribution < 1.29 is 29.0 Å². The highest BCUT2D eigenvalue weighted by Gasteiger charge is 2.43. The summed E-state index contributed by atoms with van der Waals surface area (Å²) in [6.07, 6.45) is -0.549. The van der Waals surface area contributed by atoms with E-state index in [-0.39, 0.29) is 25.0 Å². The summed E-state index contributed by atoms with van der Waals surface area (Å²) in [6.45, 7) is 8.83. The monoisotopic (exact) mass is 570 g/mol. The zero-order valence-corrected chi connectivity index (χ0v) is 24.1. The Morgan fingerprint density at radius 1 is 1.15 bits per heavy atom. The lowest BCUT2D eigenvalue weighted by molar-refractivity contribution is -0.141. The first kappa shape index (κ1) is 28.9. The number of pyridine rings is 1. The number of rotatable bonds is 8. The number of urea groups is 1. The van der Waals surface area contributed by atoms with Crippen molar-refractivity contribution in [2.75, 3.05) is 19.0 Å². The highest BCUT2D eigenvalue weighted by Crippen LogP contribution is 2.35. The minimum absolute atomic E-state index is 0.0209. The topological polar surface area (TPSA) is 146 Å². The number of carboxylic acids is 1. The fourth-order valence-electron chi connectivity index (χ4n) is 4.45. The number of nitrogens with zero attached hydrogens (tertiary/aromatic N) is 4. The lowest BCUT2D eigenvalue weighted by Gasteiger charge is -2.32. The summed E-state index contributed by atoms with van der Waals surface area (Å²) in [6, 6.07) is 5.30. The average Bonchev–Trinajstić information content (AvgIpc) is 3.53. The Morgan fingerprint density at radius 3 is 2.52 bits per heavy atom. The number of methoxy groups -OCH3 is 1. The minimum atomic E-state index is -1.15. The first-order valence-corrected chi connectivity index (χ1v) is 13.8. The minimum Gasteiger partial charge on any atom is -0.497 e. The second-order valence-electron chi connectivity index (χ2n) is 10.1. The van der Waals surface area contributed by atoms with Crippen LogP contribution in [-0.2, 0) is 9.59 Å². The van der Waals surface area contributed by atoms with Gasteiger partial charge in [0.05, 0.1) is 24.9 Å². The highest BCUT2D eigenvalue weighted by molar-refractivity contribution is 7.14. The van der Waals surface area contributed by atoms with E-state index in [1.807, 2.05) is 25.3 Å². The first-order valence-electron chi connectivity index (χ1n) is 12.9. The number of nitrogens with one attached hydrogen (secondary N) is 2. The summed E-state index contributed by atoms with van der Waals surface area (Å²) in [4.78, 5) is 47.8. The van der Waals surface area contributed by atoms with Crippen molar-refractivity contribution in [3.05, 3.63) is 29.6 Å². The maximum Gasteiger partial charge on any atom is 0.339 e. The third-order valence-corrected chi connectivity index (χ3v) is 7.02. The Kier molecular flexibility index (Phi) is 8.62. The van der Waals surface area contributed by atoms with Crippen molar-refractivity contribution in [3.63, 3.8) is 0 Å². The van der Waals surface area contributed by atoms with Gasteiger partial charge in [0.25, 0.3) is 0 Å². The van der Waals surface area contributed by atoms with Crippen LogP contribution in [0.4, 0.5) is 9.93 Å². The molecule has 0 radical (unpaired) electrons. The van der Waals surface area contributed by atoms with Crippen molar-refractivity contribution in [3.8, 4) is 22.9 Å². The highest BCUT2D eigenvalue weighted by atomic mass is 32.1. The van der Waals surface area contributed by atoms with Gasteiger partial charge in [-0.2, -0.15) is 0 Å². The predicted molar refractivity (Wildman–Crippen MR) is 152 cm³/mol. The van der Waals surface area contributed by atoms with Crippen molar-refractivity contribution in [2.24, 2.45) is 0 Å². The van der Waals surface area contributed by atoms with Gasteiger partial charge in [-0.1, -0.05) is 0 Å². The summed E-state index contributed by atoms with van der Waals surface area (Å²) >= 11 is 1.47. The van der Waals surface area contributed by atoms with Crippen LogP contribution in [0.1, 0.15) is 41.0 Å². The largest absolute Gasteiger partial charge is 0.497 e. The molecule has 40 heavy (non-hydrogen) atoms.